The third kappa shape index (κ3) is 16.5. The predicted molar refractivity (Wildman–Crippen MR) is 165 cm³/mol. The fourth-order valence-electron chi connectivity index (χ4n) is 4.84. The molecule has 39 heavy (non-hydrogen) atoms. The topological polar surface area (TPSA) is 54.2 Å². The van der Waals surface area contributed by atoms with Crippen LogP contribution in [0, 0.1) is 0 Å². The Morgan fingerprint density at radius 1 is 0.615 bits per heavy atom. The molecular weight excluding hydrogens is 482 g/mol. The Hall–Kier alpha value is -2.24. The molecule has 0 unspecified atom stereocenters. The molecule has 0 atom stereocenters. The fraction of sp³-hybridized carbons (Fsp3) is 0.647. The van der Waals surface area contributed by atoms with Crippen LogP contribution in [-0.2, 0) is 6.42 Å². The number of nitrogens with zero attached hydrogens (tertiary/aromatic N) is 3. The van der Waals surface area contributed by atoms with Gasteiger partial charge < -0.3 is 14.3 Å². The van der Waals surface area contributed by atoms with Crippen LogP contribution < -0.4 is 4.74 Å². The second-order valence-electron chi connectivity index (χ2n) is 11.7. The van der Waals surface area contributed by atoms with E-state index in [1.807, 2.05) is 24.3 Å². The lowest BCUT2D eigenvalue weighted by Crippen LogP contribution is -2.42. The maximum Gasteiger partial charge on any atom is 0.119 e. The molecular formula is C34H56N3O2+. The number of unbranched alkanes of at least 4 members (excludes halogenated alkanes) is 12. The van der Waals surface area contributed by atoms with Crippen molar-refractivity contribution in [1.29, 1.82) is 0 Å². The summed E-state index contributed by atoms with van der Waals surface area (Å²) in [5.74, 6) is 0.881. The van der Waals surface area contributed by atoms with Crippen molar-refractivity contribution in [2.24, 2.45) is 10.2 Å². The van der Waals surface area contributed by atoms with E-state index >= 15 is 0 Å². The molecule has 1 N–H and O–H groups in total. The lowest BCUT2D eigenvalue weighted by Gasteiger charge is -2.28. The average Bonchev–Trinajstić information content (AvgIpc) is 2.93. The van der Waals surface area contributed by atoms with Crippen molar-refractivity contribution >= 4 is 11.4 Å². The Bertz CT molecular complexity index is 878. The minimum Gasteiger partial charge on any atom is -0.494 e. The number of likely N-dealkylation sites (N-methyl/N-ethyl adjacent to an activating group) is 1. The van der Waals surface area contributed by atoms with Crippen LogP contribution in [0.3, 0.4) is 0 Å². The molecule has 0 aliphatic rings. The SMILES string of the molecule is CCCCCCCCCCCCc1ccc(/N=N/c2ccc(OCCCCCC[N+](C)(C)CCO)cc2)cc1. The Kier molecular flexibility index (Phi) is 17.4. The van der Waals surface area contributed by atoms with Gasteiger partial charge in [0.25, 0.3) is 0 Å². The summed E-state index contributed by atoms with van der Waals surface area (Å²) in [4.78, 5) is 0. The van der Waals surface area contributed by atoms with E-state index in [-0.39, 0.29) is 6.61 Å². The standard InChI is InChI=1S/C34H56N3O2/c1-4-5-6-7-8-9-10-11-12-15-18-31-19-21-32(22-20-31)35-36-33-23-25-34(26-24-33)39-30-17-14-13-16-27-37(2,3)28-29-38/h19-26,38H,4-18,27-30H2,1-3H3/q+1/b36-35+. The second-order valence-corrected chi connectivity index (χ2v) is 11.7. The van der Waals surface area contributed by atoms with Crippen molar-refractivity contribution in [3.05, 3.63) is 54.1 Å². The van der Waals surface area contributed by atoms with Gasteiger partial charge in [0.15, 0.2) is 0 Å². The summed E-state index contributed by atoms with van der Waals surface area (Å²) in [5.41, 5.74) is 3.11. The third-order valence-electron chi connectivity index (χ3n) is 7.50. The van der Waals surface area contributed by atoms with Crippen LogP contribution in [0.25, 0.3) is 0 Å². The number of azo groups is 1. The first-order valence-electron chi connectivity index (χ1n) is 15.7. The highest BCUT2D eigenvalue weighted by Crippen LogP contribution is 2.22. The monoisotopic (exact) mass is 538 g/mol. The Balaban J connectivity index is 1.56. The predicted octanol–water partition coefficient (Wildman–Crippen LogP) is 9.57. The smallest absolute Gasteiger partial charge is 0.119 e. The second kappa shape index (κ2) is 20.6. The van der Waals surface area contributed by atoms with Crippen LogP contribution in [0.2, 0.25) is 0 Å². The molecule has 2 aromatic rings. The quantitative estimate of drug-likeness (QED) is 0.0870. The summed E-state index contributed by atoms with van der Waals surface area (Å²) in [6.45, 7) is 5.21. The van der Waals surface area contributed by atoms with Gasteiger partial charge in [-0.2, -0.15) is 10.2 Å². The molecule has 0 saturated heterocycles. The molecule has 0 amide bonds. The highest BCUT2D eigenvalue weighted by Gasteiger charge is 2.12. The van der Waals surface area contributed by atoms with Crippen molar-refractivity contribution in [3.63, 3.8) is 0 Å². The van der Waals surface area contributed by atoms with Crippen LogP contribution in [0.5, 0.6) is 5.75 Å². The average molecular weight is 539 g/mol. The van der Waals surface area contributed by atoms with E-state index in [1.54, 1.807) is 0 Å². The van der Waals surface area contributed by atoms with Crippen molar-refractivity contribution < 1.29 is 14.3 Å². The number of quaternary nitrogens is 1. The number of hydrogen-bond donors (Lipinski definition) is 1. The van der Waals surface area contributed by atoms with Crippen LogP contribution in [0.15, 0.2) is 58.8 Å². The van der Waals surface area contributed by atoms with Gasteiger partial charge in [-0.15, -0.1) is 0 Å². The number of rotatable bonds is 23. The van der Waals surface area contributed by atoms with Crippen LogP contribution in [0.4, 0.5) is 11.4 Å². The van der Waals surface area contributed by atoms with Crippen LogP contribution >= 0.6 is 0 Å². The van der Waals surface area contributed by atoms with E-state index in [9.17, 15) is 0 Å². The van der Waals surface area contributed by atoms with Gasteiger partial charge in [0, 0.05) is 0 Å². The zero-order valence-corrected chi connectivity index (χ0v) is 25.3. The van der Waals surface area contributed by atoms with Gasteiger partial charge >= 0.3 is 0 Å². The van der Waals surface area contributed by atoms with Crippen molar-refractivity contribution in [1.82, 2.24) is 0 Å². The van der Waals surface area contributed by atoms with Gasteiger partial charge in [-0.05, 0) is 80.5 Å². The molecule has 2 aromatic carbocycles. The molecule has 0 heterocycles. The zero-order chi connectivity index (χ0) is 28.0. The first kappa shape index (κ1) is 33.0. The number of aliphatic hydroxyl groups is 1. The van der Waals surface area contributed by atoms with Crippen molar-refractivity contribution in [2.75, 3.05) is 40.4 Å². The van der Waals surface area contributed by atoms with Crippen LogP contribution in [0.1, 0.15) is 102 Å². The first-order valence-corrected chi connectivity index (χ1v) is 15.7. The molecule has 0 radical (unpaired) electrons. The summed E-state index contributed by atoms with van der Waals surface area (Å²) in [6.07, 6.45) is 19.5. The molecule has 0 fully saturated rings. The van der Waals surface area contributed by atoms with Gasteiger partial charge in [0.05, 0.1) is 45.2 Å². The first-order chi connectivity index (χ1) is 19.0. The molecule has 5 nitrogen and oxygen atoms in total. The summed E-state index contributed by atoms with van der Waals surface area (Å²) < 4.78 is 6.78. The number of benzene rings is 2. The van der Waals surface area contributed by atoms with E-state index in [1.165, 1.54) is 89.0 Å². The summed E-state index contributed by atoms with van der Waals surface area (Å²) in [5, 5.41) is 17.9. The fourth-order valence-corrected chi connectivity index (χ4v) is 4.84. The number of aliphatic hydroxyl groups excluding tert-OH is 1. The summed E-state index contributed by atoms with van der Waals surface area (Å²) >= 11 is 0. The van der Waals surface area contributed by atoms with Gasteiger partial charge in [-0.25, -0.2) is 0 Å². The van der Waals surface area contributed by atoms with Crippen molar-refractivity contribution in [2.45, 2.75) is 103 Å². The molecule has 0 aromatic heterocycles. The molecule has 0 aliphatic carbocycles. The minimum atomic E-state index is 0.258. The molecule has 5 heteroatoms. The van der Waals surface area contributed by atoms with Gasteiger partial charge in [0.1, 0.15) is 12.3 Å². The molecule has 218 valence electrons. The highest BCUT2D eigenvalue weighted by molar-refractivity contribution is 5.43. The van der Waals surface area contributed by atoms with E-state index in [0.717, 1.165) is 54.1 Å². The Morgan fingerprint density at radius 2 is 1.13 bits per heavy atom. The van der Waals surface area contributed by atoms with Gasteiger partial charge in [-0.3, -0.25) is 0 Å². The summed E-state index contributed by atoms with van der Waals surface area (Å²) in [7, 11) is 4.36. The third-order valence-corrected chi connectivity index (χ3v) is 7.50. The molecule has 0 aliphatic heterocycles. The Labute approximate surface area is 239 Å². The highest BCUT2D eigenvalue weighted by atomic mass is 16.5. The Morgan fingerprint density at radius 3 is 1.72 bits per heavy atom. The zero-order valence-electron chi connectivity index (χ0n) is 25.3. The largest absolute Gasteiger partial charge is 0.494 e. The van der Waals surface area contributed by atoms with Crippen LogP contribution in [-0.4, -0.2) is 50.0 Å². The van der Waals surface area contributed by atoms with E-state index in [2.05, 4.69) is 55.5 Å². The normalized spacial score (nSPS) is 11.9. The summed E-state index contributed by atoms with van der Waals surface area (Å²) in [6, 6.07) is 16.4. The molecule has 2 rings (SSSR count). The maximum atomic E-state index is 9.11. The minimum absolute atomic E-state index is 0.258. The molecule has 0 bridgehead atoms. The van der Waals surface area contributed by atoms with Crippen molar-refractivity contribution in [3.8, 4) is 5.75 Å². The van der Waals surface area contributed by atoms with Gasteiger partial charge in [0.2, 0.25) is 0 Å². The number of hydrogen-bond acceptors (Lipinski definition) is 4. The van der Waals surface area contributed by atoms with E-state index in [0.29, 0.717) is 0 Å². The van der Waals surface area contributed by atoms with Gasteiger partial charge in [-0.1, -0.05) is 76.8 Å². The molecule has 0 saturated carbocycles. The molecule has 0 spiro atoms. The lowest BCUT2D eigenvalue weighted by atomic mass is 10.0. The number of ether oxygens (including phenoxy) is 1. The number of aryl methyl sites for hydroxylation is 1. The van der Waals surface area contributed by atoms with E-state index < -0.39 is 0 Å². The maximum absolute atomic E-state index is 9.11. The van der Waals surface area contributed by atoms with E-state index in [4.69, 9.17) is 9.84 Å². The lowest BCUT2D eigenvalue weighted by molar-refractivity contribution is -0.890.